The number of halogens is 1. The van der Waals surface area contributed by atoms with Crippen molar-refractivity contribution in [2.45, 2.75) is 6.42 Å². The summed E-state index contributed by atoms with van der Waals surface area (Å²) in [5.41, 5.74) is 1.11. The van der Waals surface area contributed by atoms with E-state index >= 15 is 0 Å². The van der Waals surface area contributed by atoms with Gasteiger partial charge in [-0.05, 0) is 18.2 Å². The lowest BCUT2D eigenvalue weighted by atomic mass is 10.1. The molecule has 2 aliphatic rings. The van der Waals surface area contributed by atoms with E-state index < -0.39 is 0 Å². The van der Waals surface area contributed by atoms with E-state index in [2.05, 4.69) is 0 Å². The van der Waals surface area contributed by atoms with Crippen LogP contribution in [0.25, 0.3) is 0 Å². The highest BCUT2D eigenvalue weighted by molar-refractivity contribution is 5.95. The number of ether oxygens (including phenoxy) is 1. The van der Waals surface area contributed by atoms with Crippen LogP contribution >= 0.6 is 0 Å². The Morgan fingerprint density at radius 1 is 1.33 bits per heavy atom. The Hall–Kier alpha value is -1.66. The van der Waals surface area contributed by atoms with Crippen molar-refractivity contribution < 1.29 is 19.0 Å². The van der Waals surface area contributed by atoms with Crippen LogP contribution in [0.3, 0.4) is 0 Å². The minimum Gasteiger partial charge on any atom is -0.396 e. The highest BCUT2D eigenvalue weighted by atomic mass is 19.1. The van der Waals surface area contributed by atoms with E-state index in [4.69, 9.17) is 9.84 Å². The molecule has 2 saturated heterocycles. The van der Waals surface area contributed by atoms with Gasteiger partial charge in [0.2, 0.25) is 5.91 Å². The van der Waals surface area contributed by atoms with E-state index in [-0.39, 0.29) is 24.2 Å². The number of aliphatic hydroxyl groups is 1. The lowest BCUT2D eigenvalue weighted by Gasteiger charge is -2.29. The molecule has 0 spiro atoms. The van der Waals surface area contributed by atoms with Crippen molar-refractivity contribution in [1.29, 1.82) is 0 Å². The third kappa shape index (κ3) is 2.87. The first-order valence-corrected chi connectivity index (χ1v) is 7.22. The summed E-state index contributed by atoms with van der Waals surface area (Å²) in [5.74, 6) is -0.443. The lowest BCUT2D eigenvalue weighted by Crippen LogP contribution is -2.36. The SMILES string of the molecule is O=C1CC(CO)CN1c1ccc(N2CCOCC2)c(F)c1. The molecule has 1 unspecified atom stereocenters. The first-order valence-electron chi connectivity index (χ1n) is 7.22. The molecular formula is C15H19FN2O3. The largest absolute Gasteiger partial charge is 0.396 e. The predicted molar refractivity (Wildman–Crippen MR) is 77.0 cm³/mol. The van der Waals surface area contributed by atoms with Crippen LogP contribution in [0.5, 0.6) is 0 Å². The zero-order valence-corrected chi connectivity index (χ0v) is 11.8. The van der Waals surface area contributed by atoms with E-state index in [1.165, 1.54) is 6.07 Å². The Kier molecular flexibility index (Phi) is 4.07. The van der Waals surface area contributed by atoms with Gasteiger partial charge in [0.05, 0.1) is 18.9 Å². The van der Waals surface area contributed by atoms with E-state index in [9.17, 15) is 9.18 Å². The van der Waals surface area contributed by atoms with Gasteiger partial charge in [-0.15, -0.1) is 0 Å². The standard InChI is InChI=1S/C15H19FN2O3/c16-13-8-12(18-9-11(10-19)7-15(18)20)1-2-14(13)17-3-5-21-6-4-17/h1-2,8,11,19H,3-7,9-10H2. The van der Waals surface area contributed by atoms with Gasteiger partial charge in [0.15, 0.2) is 0 Å². The first kappa shape index (κ1) is 14.3. The number of morpholine rings is 1. The molecule has 3 rings (SSSR count). The number of aliphatic hydroxyl groups excluding tert-OH is 1. The summed E-state index contributed by atoms with van der Waals surface area (Å²) in [6, 6.07) is 4.89. The van der Waals surface area contributed by atoms with Crippen molar-refractivity contribution in [3.05, 3.63) is 24.0 Å². The molecule has 0 aromatic heterocycles. The van der Waals surface area contributed by atoms with Crippen molar-refractivity contribution in [3.63, 3.8) is 0 Å². The molecule has 1 aromatic carbocycles. The van der Waals surface area contributed by atoms with Gasteiger partial charge in [-0.2, -0.15) is 0 Å². The van der Waals surface area contributed by atoms with Crippen LogP contribution in [0, 0.1) is 11.7 Å². The maximum Gasteiger partial charge on any atom is 0.227 e. The van der Waals surface area contributed by atoms with Crippen molar-refractivity contribution in [2.24, 2.45) is 5.92 Å². The summed E-state index contributed by atoms with van der Waals surface area (Å²) in [6.45, 7) is 2.98. The van der Waals surface area contributed by atoms with Gasteiger partial charge in [-0.1, -0.05) is 0 Å². The number of benzene rings is 1. The second-order valence-corrected chi connectivity index (χ2v) is 5.49. The minimum atomic E-state index is -0.324. The van der Waals surface area contributed by atoms with Gasteiger partial charge >= 0.3 is 0 Å². The molecule has 21 heavy (non-hydrogen) atoms. The highest BCUT2D eigenvalue weighted by Crippen LogP contribution is 2.29. The minimum absolute atomic E-state index is 0.0173. The van der Waals surface area contributed by atoms with Crippen LogP contribution in [-0.4, -0.2) is 50.5 Å². The summed E-state index contributed by atoms with van der Waals surface area (Å²) in [7, 11) is 0. The van der Waals surface area contributed by atoms with Crippen LogP contribution in [0.2, 0.25) is 0 Å². The maximum atomic E-state index is 14.3. The first-order chi connectivity index (χ1) is 10.2. The number of hydrogen-bond acceptors (Lipinski definition) is 4. The van der Waals surface area contributed by atoms with E-state index in [0.717, 1.165) is 0 Å². The summed E-state index contributed by atoms with van der Waals surface area (Å²) in [6.07, 6.45) is 0.323. The molecule has 1 aromatic rings. The van der Waals surface area contributed by atoms with Crippen LogP contribution in [0.1, 0.15) is 6.42 Å². The second-order valence-electron chi connectivity index (χ2n) is 5.49. The van der Waals surface area contributed by atoms with Gasteiger partial charge in [0.1, 0.15) is 5.82 Å². The van der Waals surface area contributed by atoms with Crippen molar-refractivity contribution in [1.82, 2.24) is 0 Å². The number of rotatable bonds is 3. The van der Waals surface area contributed by atoms with E-state index in [0.29, 0.717) is 50.6 Å². The topological polar surface area (TPSA) is 53.0 Å². The number of carbonyl (C=O) groups is 1. The molecule has 114 valence electrons. The Bertz CT molecular complexity index is 532. The number of amides is 1. The number of carbonyl (C=O) groups excluding carboxylic acids is 1. The van der Waals surface area contributed by atoms with Gasteiger partial charge in [0.25, 0.3) is 0 Å². The fourth-order valence-electron chi connectivity index (χ4n) is 2.88. The summed E-state index contributed by atoms with van der Waals surface area (Å²) in [5, 5.41) is 9.15. The van der Waals surface area contributed by atoms with Gasteiger partial charge < -0.3 is 19.6 Å². The van der Waals surface area contributed by atoms with Gasteiger partial charge in [-0.3, -0.25) is 4.79 Å². The molecule has 1 amide bonds. The smallest absolute Gasteiger partial charge is 0.227 e. The Labute approximate surface area is 122 Å². The number of nitrogens with zero attached hydrogens (tertiary/aromatic N) is 2. The molecule has 6 heteroatoms. The normalized spacial score (nSPS) is 23.0. The monoisotopic (exact) mass is 294 g/mol. The van der Waals surface area contributed by atoms with Crippen molar-refractivity contribution in [3.8, 4) is 0 Å². The molecule has 0 radical (unpaired) electrons. The van der Waals surface area contributed by atoms with Crippen molar-refractivity contribution >= 4 is 17.3 Å². The van der Waals surface area contributed by atoms with E-state index in [1.807, 2.05) is 4.90 Å². The zero-order chi connectivity index (χ0) is 14.8. The Morgan fingerprint density at radius 2 is 2.10 bits per heavy atom. The molecule has 2 fully saturated rings. The number of anilines is 2. The zero-order valence-electron chi connectivity index (χ0n) is 11.8. The van der Waals surface area contributed by atoms with Crippen LogP contribution in [0.15, 0.2) is 18.2 Å². The van der Waals surface area contributed by atoms with Crippen molar-refractivity contribution in [2.75, 3.05) is 49.3 Å². The molecule has 0 saturated carbocycles. The Balaban J connectivity index is 1.79. The average Bonchev–Trinajstić information content (AvgIpc) is 2.89. The summed E-state index contributed by atoms with van der Waals surface area (Å²) in [4.78, 5) is 15.4. The molecule has 1 atom stereocenters. The van der Waals surface area contributed by atoms with Gasteiger partial charge in [0, 0.05) is 44.3 Å². The second kappa shape index (κ2) is 5.99. The fourth-order valence-corrected chi connectivity index (χ4v) is 2.88. The molecule has 0 aliphatic carbocycles. The molecule has 1 N–H and O–H groups in total. The molecule has 0 bridgehead atoms. The Morgan fingerprint density at radius 3 is 2.71 bits per heavy atom. The van der Waals surface area contributed by atoms with Crippen LogP contribution in [-0.2, 0) is 9.53 Å². The van der Waals surface area contributed by atoms with Gasteiger partial charge in [-0.25, -0.2) is 4.39 Å². The third-order valence-electron chi connectivity index (χ3n) is 4.06. The highest BCUT2D eigenvalue weighted by Gasteiger charge is 2.30. The van der Waals surface area contributed by atoms with Crippen LogP contribution in [0.4, 0.5) is 15.8 Å². The van der Waals surface area contributed by atoms with E-state index in [1.54, 1.807) is 17.0 Å². The fraction of sp³-hybridized carbons (Fsp3) is 0.533. The summed E-state index contributed by atoms with van der Waals surface area (Å²) < 4.78 is 19.6. The molecule has 2 aliphatic heterocycles. The predicted octanol–water partition coefficient (Wildman–Crippen LogP) is 1.01. The maximum absolute atomic E-state index is 14.3. The summed E-state index contributed by atoms with van der Waals surface area (Å²) >= 11 is 0. The quantitative estimate of drug-likeness (QED) is 0.904. The number of hydrogen-bond donors (Lipinski definition) is 1. The molecule has 2 heterocycles. The molecular weight excluding hydrogens is 275 g/mol. The lowest BCUT2D eigenvalue weighted by molar-refractivity contribution is -0.117. The van der Waals surface area contributed by atoms with Crippen LogP contribution < -0.4 is 9.80 Å². The third-order valence-corrected chi connectivity index (χ3v) is 4.06. The molecule has 5 nitrogen and oxygen atoms in total. The average molecular weight is 294 g/mol.